The van der Waals surface area contributed by atoms with Crippen molar-refractivity contribution in [3.8, 4) is 0 Å². The SMILES string of the molecule is Cc1ncc2ccccc2c1C(=O)Nc1nccs1. The number of aryl methyl sites for hydroxylation is 1. The number of carbonyl (C=O) groups is 1. The van der Waals surface area contributed by atoms with E-state index in [-0.39, 0.29) is 5.91 Å². The molecule has 3 aromatic rings. The van der Waals surface area contributed by atoms with Gasteiger partial charge in [0.2, 0.25) is 0 Å². The largest absolute Gasteiger partial charge is 0.298 e. The summed E-state index contributed by atoms with van der Waals surface area (Å²) in [6.07, 6.45) is 3.44. The molecule has 19 heavy (non-hydrogen) atoms. The average Bonchev–Trinajstić information content (AvgIpc) is 2.91. The van der Waals surface area contributed by atoms with Gasteiger partial charge >= 0.3 is 0 Å². The standard InChI is InChI=1S/C14H11N3OS/c1-9-12(13(18)17-14-15-6-7-19-14)11-5-3-2-4-10(11)8-16-9/h2-8H,1H3,(H,15,17,18). The Morgan fingerprint density at radius 1 is 1.26 bits per heavy atom. The van der Waals surface area contributed by atoms with Crippen LogP contribution >= 0.6 is 11.3 Å². The number of hydrogen-bond donors (Lipinski definition) is 1. The second kappa shape index (κ2) is 4.78. The fourth-order valence-electron chi connectivity index (χ4n) is 1.99. The van der Waals surface area contributed by atoms with Crippen LogP contribution in [0.15, 0.2) is 42.0 Å². The summed E-state index contributed by atoms with van der Waals surface area (Å²) in [6, 6.07) is 7.73. The first-order valence-corrected chi connectivity index (χ1v) is 6.69. The van der Waals surface area contributed by atoms with Crippen molar-refractivity contribution in [1.29, 1.82) is 0 Å². The van der Waals surface area contributed by atoms with Gasteiger partial charge in [0.05, 0.1) is 11.3 Å². The van der Waals surface area contributed by atoms with Crippen molar-refractivity contribution in [2.75, 3.05) is 5.32 Å². The fourth-order valence-corrected chi connectivity index (χ4v) is 2.52. The highest BCUT2D eigenvalue weighted by atomic mass is 32.1. The number of carbonyl (C=O) groups excluding carboxylic acids is 1. The number of rotatable bonds is 2. The van der Waals surface area contributed by atoms with E-state index in [1.54, 1.807) is 12.4 Å². The Morgan fingerprint density at radius 2 is 2.11 bits per heavy atom. The maximum Gasteiger partial charge on any atom is 0.259 e. The van der Waals surface area contributed by atoms with Gasteiger partial charge in [-0.3, -0.25) is 15.1 Å². The van der Waals surface area contributed by atoms with Crippen molar-refractivity contribution >= 4 is 33.1 Å². The third-order valence-corrected chi connectivity index (χ3v) is 3.56. The lowest BCUT2D eigenvalue weighted by molar-refractivity contribution is 0.102. The highest BCUT2D eigenvalue weighted by Crippen LogP contribution is 2.22. The van der Waals surface area contributed by atoms with Gasteiger partial charge in [0, 0.05) is 23.2 Å². The van der Waals surface area contributed by atoms with Crippen LogP contribution in [-0.2, 0) is 0 Å². The van der Waals surface area contributed by atoms with Crippen LogP contribution in [-0.4, -0.2) is 15.9 Å². The van der Waals surface area contributed by atoms with E-state index < -0.39 is 0 Å². The molecule has 1 aromatic carbocycles. The van der Waals surface area contributed by atoms with Crippen LogP contribution in [0.5, 0.6) is 0 Å². The molecule has 0 saturated carbocycles. The Balaban J connectivity index is 2.08. The van der Waals surface area contributed by atoms with Crippen LogP contribution in [0.25, 0.3) is 10.8 Å². The smallest absolute Gasteiger partial charge is 0.259 e. The Hall–Kier alpha value is -2.27. The summed E-state index contributed by atoms with van der Waals surface area (Å²) < 4.78 is 0. The molecule has 4 nitrogen and oxygen atoms in total. The third kappa shape index (κ3) is 2.20. The molecule has 0 saturated heterocycles. The van der Waals surface area contributed by atoms with E-state index >= 15 is 0 Å². The summed E-state index contributed by atoms with van der Waals surface area (Å²) in [5.74, 6) is -0.170. The zero-order valence-electron chi connectivity index (χ0n) is 10.3. The topological polar surface area (TPSA) is 54.9 Å². The van der Waals surface area contributed by atoms with E-state index in [1.165, 1.54) is 11.3 Å². The van der Waals surface area contributed by atoms with Crippen LogP contribution in [0.4, 0.5) is 5.13 Å². The first-order chi connectivity index (χ1) is 9.25. The van der Waals surface area contributed by atoms with Gasteiger partial charge in [-0.05, 0) is 12.3 Å². The van der Waals surface area contributed by atoms with E-state index in [4.69, 9.17) is 0 Å². The van der Waals surface area contributed by atoms with Gasteiger partial charge < -0.3 is 0 Å². The molecule has 1 N–H and O–H groups in total. The molecule has 0 aliphatic heterocycles. The van der Waals surface area contributed by atoms with Crippen molar-refractivity contribution in [3.63, 3.8) is 0 Å². The molecule has 5 heteroatoms. The van der Waals surface area contributed by atoms with Crippen molar-refractivity contribution < 1.29 is 4.79 Å². The molecule has 0 radical (unpaired) electrons. The second-order valence-electron chi connectivity index (χ2n) is 4.10. The molecular weight excluding hydrogens is 258 g/mol. The quantitative estimate of drug-likeness (QED) is 0.777. The van der Waals surface area contributed by atoms with Crippen LogP contribution in [0, 0.1) is 6.92 Å². The zero-order chi connectivity index (χ0) is 13.2. The third-order valence-electron chi connectivity index (χ3n) is 2.87. The van der Waals surface area contributed by atoms with E-state index in [9.17, 15) is 4.79 Å². The molecule has 3 rings (SSSR count). The minimum atomic E-state index is -0.170. The number of benzene rings is 1. The van der Waals surface area contributed by atoms with Gasteiger partial charge in [-0.2, -0.15) is 0 Å². The second-order valence-corrected chi connectivity index (χ2v) is 4.99. The number of pyridine rings is 1. The number of aromatic nitrogens is 2. The molecule has 0 aliphatic carbocycles. The Morgan fingerprint density at radius 3 is 2.89 bits per heavy atom. The monoisotopic (exact) mass is 269 g/mol. The molecule has 0 aliphatic rings. The first-order valence-electron chi connectivity index (χ1n) is 5.81. The van der Waals surface area contributed by atoms with E-state index in [0.29, 0.717) is 16.4 Å². The predicted octanol–water partition coefficient (Wildman–Crippen LogP) is 3.25. The van der Waals surface area contributed by atoms with Gasteiger partial charge in [0.1, 0.15) is 0 Å². The molecule has 0 bridgehead atoms. The number of nitrogens with one attached hydrogen (secondary N) is 1. The summed E-state index contributed by atoms with van der Waals surface area (Å²) in [4.78, 5) is 20.7. The average molecular weight is 269 g/mol. The molecule has 2 heterocycles. The number of thiazole rings is 1. The maximum absolute atomic E-state index is 12.4. The van der Waals surface area contributed by atoms with E-state index in [2.05, 4.69) is 15.3 Å². The number of fused-ring (bicyclic) bond motifs is 1. The molecule has 2 aromatic heterocycles. The van der Waals surface area contributed by atoms with E-state index in [0.717, 1.165) is 10.8 Å². The minimum absolute atomic E-state index is 0.170. The van der Waals surface area contributed by atoms with Crippen LogP contribution in [0.3, 0.4) is 0 Å². The van der Waals surface area contributed by atoms with Gasteiger partial charge in [-0.1, -0.05) is 24.3 Å². The summed E-state index contributed by atoms with van der Waals surface area (Å²) in [7, 11) is 0. The predicted molar refractivity (Wildman–Crippen MR) is 76.5 cm³/mol. The Labute approximate surface area is 114 Å². The summed E-state index contributed by atoms with van der Waals surface area (Å²) in [6.45, 7) is 1.84. The van der Waals surface area contributed by atoms with Gasteiger partial charge in [0.15, 0.2) is 5.13 Å². The van der Waals surface area contributed by atoms with Gasteiger partial charge in [-0.25, -0.2) is 4.98 Å². The van der Waals surface area contributed by atoms with Crippen molar-refractivity contribution in [2.24, 2.45) is 0 Å². The van der Waals surface area contributed by atoms with Crippen LogP contribution < -0.4 is 5.32 Å². The minimum Gasteiger partial charge on any atom is -0.298 e. The van der Waals surface area contributed by atoms with E-state index in [1.807, 2.05) is 36.6 Å². The number of amides is 1. The van der Waals surface area contributed by atoms with Crippen molar-refractivity contribution in [3.05, 3.63) is 53.3 Å². The van der Waals surface area contributed by atoms with Crippen molar-refractivity contribution in [2.45, 2.75) is 6.92 Å². The Kier molecular flexibility index (Phi) is 2.97. The Bertz CT molecular complexity index is 738. The molecule has 0 atom stereocenters. The van der Waals surface area contributed by atoms with Gasteiger partial charge in [-0.15, -0.1) is 11.3 Å². The van der Waals surface area contributed by atoms with Crippen LogP contribution in [0.2, 0.25) is 0 Å². The number of nitrogens with zero attached hydrogens (tertiary/aromatic N) is 2. The summed E-state index contributed by atoms with van der Waals surface area (Å²) >= 11 is 1.39. The lowest BCUT2D eigenvalue weighted by Crippen LogP contribution is -2.14. The molecule has 1 amide bonds. The highest BCUT2D eigenvalue weighted by molar-refractivity contribution is 7.13. The zero-order valence-corrected chi connectivity index (χ0v) is 11.1. The summed E-state index contributed by atoms with van der Waals surface area (Å²) in [5.41, 5.74) is 1.32. The van der Waals surface area contributed by atoms with Crippen molar-refractivity contribution in [1.82, 2.24) is 9.97 Å². The molecule has 0 spiro atoms. The fraction of sp³-hybridized carbons (Fsp3) is 0.0714. The lowest BCUT2D eigenvalue weighted by atomic mass is 10.0. The molecular formula is C14H11N3OS. The first kappa shape index (κ1) is 11.8. The molecule has 0 fully saturated rings. The number of hydrogen-bond acceptors (Lipinski definition) is 4. The maximum atomic E-state index is 12.4. The molecule has 0 unspecified atom stereocenters. The normalized spacial score (nSPS) is 10.6. The van der Waals surface area contributed by atoms with Crippen LogP contribution in [0.1, 0.15) is 16.1 Å². The van der Waals surface area contributed by atoms with Gasteiger partial charge in [0.25, 0.3) is 5.91 Å². The number of anilines is 1. The highest BCUT2D eigenvalue weighted by Gasteiger charge is 2.15. The lowest BCUT2D eigenvalue weighted by Gasteiger charge is -2.08. The summed E-state index contributed by atoms with van der Waals surface area (Å²) in [5, 5.41) is 7.08. The molecule has 94 valence electrons.